The van der Waals surface area contributed by atoms with Crippen LogP contribution in [0, 0.1) is 35.1 Å². The molecule has 0 amide bonds. The van der Waals surface area contributed by atoms with Gasteiger partial charge in [-0.05, 0) is 65.8 Å². The summed E-state index contributed by atoms with van der Waals surface area (Å²) in [5, 5.41) is 0.669. The minimum Gasteiger partial charge on any atom is -0.206 e. The molecule has 4 heteroatoms. The van der Waals surface area contributed by atoms with Crippen LogP contribution in [0.25, 0.3) is 21.9 Å². The fraction of sp³-hybridized carbons (Fsp3) is 0.226. The zero-order valence-corrected chi connectivity index (χ0v) is 19.6. The average Bonchev–Trinajstić information content (AvgIpc) is 2.85. The number of rotatable bonds is 7. The van der Waals surface area contributed by atoms with Crippen molar-refractivity contribution in [3.63, 3.8) is 0 Å². The quantitative estimate of drug-likeness (QED) is 0.142. The topological polar surface area (TPSA) is 0 Å². The maximum atomic E-state index is 14.8. The number of aryl methyl sites for hydroxylation is 1. The summed E-state index contributed by atoms with van der Waals surface area (Å²) in [5.41, 5.74) is 2.46. The molecule has 4 aromatic carbocycles. The van der Waals surface area contributed by atoms with Crippen molar-refractivity contribution in [3.8, 4) is 23.0 Å². The predicted molar refractivity (Wildman–Crippen MR) is 134 cm³/mol. The highest BCUT2D eigenvalue weighted by Crippen LogP contribution is 2.26. The molecule has 0 aliphatic rings. The van der Waals surface area contributed by atoms with Crippen molar-refractivity contribution in [1.29, 1.82) is 0 Å². The van der Waals surface area contributed by atoms with Crippen molar-refractivity contribution in [1.82, 2.24) is 0 Å². The maximum Gasteiger partial charge on any atom is 0.166 e. The van der Waals surface area contributed by atoms with Gasteiger partial charge in [-0.25, -0.2) is 17.6 Å². The molecular formula is C31H26F4. The lowest BCUT2D eigenvalue weighted by molar-refractivity contribution is 0.517. The van der Waals surface area contributed by atoms with Crippen LogP contribution in [-0.2, 0) is 6.42 Å². The third-order valence-corrected chi connectivity index (χ3v) is 6.13. The van der Waals surface area contributed by atoms with E-state index in [0.29, 0.717) is 22.1 Å². The van der Waals surface area contributed by atoms with Gasteiger partial charge in [-0.3, -0.25) is 0 Å². The molecule has 0 nitrogen and oxygen atoms in total. The van der Waals surface area contributed by atoms with E-state index in [2.05, 4.69) is 18.8 Å². The standard InChI is InChI=1S/C31H26F4/c1-2-3-4-5-6-7-21-9-15-26(30(34)19-21)25-13-12-23(29(33)20-25)11-8-22-10-16-27-24(18-22)14-17-28(32)31(27)35/h9-10,12-20H,2-7H2,1H3. The maximum absolute atomic E-state index is 14.8. The second-order valence-electron chi connectivity index (χ2n) is 8.72. The van der Waals surface area contributed by atoms with Gasteiger partial charge in [0.15, 0.2) is 11.6 Å². The van der Waals surface area contributed by atoms with Crippen LogP contribution >= 0.6 is 0 Å². The molecule has 4 aromatic rings. The highest BCUT2D eigenvalue weighted by Gasteiger charge is 2.10. The van der Waals surface area contributed by atoms with Gasteiger partial charge in [0, 0.05) is 16.5 Å². The number of fused-ring (bicyclic) bond motifs is 1. The van der Waals surface area contributed by atoms with Crippen LogP contribution in [0.2, 0.25) is 0 Å². The second kappa shape index (κ2) is 11.2. The van der Waals surface area contributed by atoms with Crippen molar-refractivity contribution in [2.75, 3.05) is 0 Å². The third kappa shape index (κ3) is 5.92. The van der Waals surface area contributed by atoms with Gasteiger partial charge in [-0.2, -0.15) is 0 Å². The van der Waals surface area contributed by atoms with Crippen LogP contribution < -0.4 is 0 Å². The Morgan fingerprint density at radius 2 is 1.49 bits per heavy atom. The molecule has 0 aromatic heterocycles. The molecule has 0 saturated heterocycles. The minimum absolute atomic E-state index is 0.163. The monoisotopic (exact) mass is 474 g/mol. The zero-order valence-electron chi connectivity index (χ0n) is 19.6. The molecule has 0 atom stereocenters. The summed E-state index contributed by atoms with van der Waals surface area (Å²) in [7, 11) is 0. The van der Waals surface area contributed by atoms with Gasteiger partial charge in [0.25, 0.3) is 0 Å². The first-order valence-electron chi connectivity index (χ1n) is 11.9. The Kier molecular flexibility index (Phi) is 7.87. The Hall–Kier alpha value is -3.58. The van der Waals surface area contributed by atoms with E-state index in [1.807, 2.05) is 6.07 Å². The van der Waals surface area contributed by atoms with Crippen LogP contribution in [0.15, 0.2) is 66.7 Å². The van der Waals surface area contributed by atoms with Crippen molar-refractivity contribution in [2.24, 2.45) is 0 Å². The van der Waals surface area contributed by atoms with Crippen molar-refractivity contribution in [3.05, 3.63) is 107 Å². The number of hydrogen-bond donors (Lipinski definition) is 0. The molecule has 0 N–H and O–H groups in total. The molecule has 0 aliphatic carbocycles. The Morgan fingerprint density at radius 3 is 2.26 bits per heavy atom. The molecule has 35 heavy (non-hydrogen) atoms. The lowest BCUT2D eigenvalue weighted by atomic mass is 9.99. The van der Waals surface area contributed by atoms with E-state index in [4.69, 9.17) is 0 Å². The summed E-state index contributed by atoms with van der Waals surface area (Å²) in [6.07, 6.45) is 6.62. The van der Waals surface area contributed by atoms with E-state index in [9.17, 15) is 17.6 Å². The summed E-state index contributed by atoms with van der Waals surface area (Å²) in [5.74, 6) is 2.90. The van der Waals surface area contributed by atoms with Crippen LogP contribution in [0.4, 0.5) is 17.6 Å². The van der Waals surface area contributed by atoms with Gasteiger partial charge in [0.2, 0.25) is 0 Å². The van der Waals surface area contributed by atoms with Crippen molar-refractivity contribution >= 4 is 10.8 Å². The average molecular weight is 475 g/mol. The summed E-state index contributed by atoms with van der Waals surface area (Å²) in [6, 6.07) is 16.8. The molecule has 0 spiro atoms. The largest absolute Gasteiger partial charge is 0.206 e. The molecule has 0 heterocycles. The normalized spacial score (nSPS) is 10.9. The van der Waals surface area contributed by atoms with E-state index in [-0.39, 0.29) is 16.8 Å². The fourth-order valence-electron chi connectivity index (χ4n) is 4.15. The zero-order chi connectivity index (χ0) is 24.8. The van der Waals surface area contributed by atoms with Crippen LogP contribution in [0.3, 0.4) is 0 Å². The minimum atomic E-state index is -0.910. The van der Waals surface area contributed by atoms with E-state index < -0.39 is 17.5 Å². The number of unbranched alkanes of at least 4 members (excludes halogenated alkanes) is 4. The van der Waals surface area contributed by atoms with Crippen molar-refractivity contribution < 1.29 is 17.6 Å². The van der Waals surface area contributed by atoms with Gasteiger partial charge >= 0.3 is 0 Å². The van der Waals surface area contributed by atoms with E-state index in [1.165, 1.54) is 49.6 Å². The van der Waals surface area contributed by atoms with Gasteiger partial charge < -0.3 is 0 Å². The Morgan fingerprint density at radius 1 is 0.657 bits per heavy atom. The van der Waals surface area contributed by atoms with E-state index in [1.54, 1.807) is 24.3 Å². The summed E-state index contributed by atoms with van der Waals surface area (Å²) in [6.45, 7) is 2.17. The van der Waals surface area contributed by atoms with Gasteiger partial charge in [-0.15, -0.1) is 0 Å². The predicted octanol–water partition coefficient (Wildman–Crippen LogP) is 8.98. The molecule has 0 radical (unpaired) electrons. The lowest BCUT2D eigenvalue weighted by Crippen LogP contribution is -1.92. The van der Waals surface area contributed by atoms with E-state index in [0.717, 1.165) is 30.9 Å². The van der Waals surface area contributed by atoms with E-state index >= 15 is 0 Å². The van der Waals surface area contributed by atoms with Crippen LogP contribution in [0.5, 0.6) is 0 Å². The summed E-state index contributed by atoms with van der Waals surface area (Å²) >= 11 is 0. The highest BCUT2D eigenvalue weighted by atomic mass is 19.2. The second-order valence-corrected chi connectivity index (χ2v) is 8.72. The Bertz CT molecular complexity index is 1410. The van der Waals surface area contributed by atoms with Gasteiger partial charge in [0.05, 0.1) is 5.56 Å². The third-order valence-electron chi connectivity index (χ3n) is 6.13. The molecule has 0 fully saturated rings. The van der Waals surface area contributed by atoms with Gasteiger partial charge in [-0.1, -0.05) is 74.8 Å². The first kappa shape index (κ1) is 24.5. The number of halogens is 4. The van der Waals surface area contributed by atoms with Crippen LogP contribution in [0.1, 0.15) is 55.7 Å². The molecule has 0 unspecified atom stereocenters. The first-order chi connectivity index (χ1) is 17.0. The Balaban J connectivity index is 1.49. The molecular weight excluding hydrogens is 448 g/mol. The number of benzene rings is 4. The molecule has 178 valence electrons. The van der Waals surface area contributed by atoms with Gasteiger partial charge in [0.1, 0.15) is 11.6 Å². The summed E-state index contributed by atoms with van der Waals surface area (Å²) < 4.78 is 56.8. The smallest absolute Gasteiger partial charge is 0.166 e. The molecule has 0 bridgehead atoms. The Labute approximate surface area is 203 Å². The SMILES string of the molecule is CCCCCCCc1ccc(-c2ccc(C#Cc3ccc4c(F)c(F)ccc4c3)c(F)c2)c(F)c1. The fourth-order valence-corrected chi connectivity index (χ4v) is 4.15. The molecule has 0 saturated carbocycles. The summed E-state index contributed by atoms with van der Waals surface area (Å²) in [4.78, 5) is 0. The molecule has 4 rings (SSSR count). The first-order valence-corrected chi connectivity index (χ1v) is 11.9. The lowest BCUT2D eigenvalue weighted by Gasteiger charge is -2.08. The highest BCUT2D eigenvalue weighted by molar-refractivity contribution is 5.84. The molecule has 0 aliphatic heterocycles. The number of hydrogen-bond acceptors (Lipinski definition) is 0. The van der Waals surface area contributed by atoms with Crippen molar-refractivity contribution in [2.45, 2.75) is 45.4 Å². The van der Waals surface area contributed by atoms with Crippen LogP contribution in [-0.4, -0.2) is 0 Å².